The lowest BCUT2D eigenvalue weighted by molar-refractivity contribution is -0.137. The van der Waals surface area contributed by atoms with Crippen LogP contribution in [0.2, 0.25) is 0 Å². The van der Waals surface area contributed by atoms with Crippen LogP contribution in [0.4, 0.5) is 11.4 Å². The first kappa shape index (κ1) is 27.3. The molecule has 0 saturated carbocycles. The second-order valence-electron chi connectivity index (χ2n) is 10.8. The van der Waals surface area contributed by atoms with Crippen molar-refractivity contribution in [1.82, 2.24) is 14.5 Å². The van der Waals surface area contributed by atoms with E-state index in [9.17, 15) is 14.4 Å². The number of carbonyl (C=O) groups excluding carboxylic acids is 2. The maximum atomic E-state index is 13.3. The van der Waals surface area contributed by atoms with Gasteiger partial charge in [0.15, 0.2) is 0 Å². The van der Waals surface area contributed by atoms with Crippen LogP contribution in [0.1, 0.15) is 31.9 Å². The minimum absolute atomic E-state index is 0.000863. The Morgan fingerprint density at radius 2 is 1.57 bits per heavy atom. The number of aromatic nitrogens is 2. The lowest BCUT2D eigenvalue weighted by Gasteiger charge is -2.27. The van der Waals surface area contributed by atoms with Crippen LogP contribution in [0.25, 0.3) is 10.8 Å². The molecule has 8 heteroatoms. The molecule has 4 aromatic rings. The van der Waals surface area contributed by atoms with Gasteiger partial charge in [-0.25, -0.2) is 0 Å². The number of nitrogens with zero attached hydrogens (tertiary/aromatic N) is 5. The molecule has 5 rings (SSSR count). The van der Waals surface area contributed by atoms with Crippen LogP contribution in [-0.4, -0.2) is 46.4 Å². The van der Waals surface area contributed by atoms with Gasteiger partial charge < -0.3 is 14.4 Å². The van der Waals surface area contributed by atoms with E-state index in [2.05, 4.69) is 9.88 Å². The monoisotopic (exact) mass is 537 g/mol. The molecule has 2 aromatic heterocycles. The molecule has 0 saturated heterocycles. The molecule has 0 N–H and O–H groups in total. The van der Waals surface area contributed by atoms with Gasteiger partial charge >= 0.3 is 0 Å². The van der Waals surface area contributed by atoms with Crippen molar-refractivity contribution in [2.24, 2.45) is 5.41 Å². The highest BCUT2D eigenvalue weighted by molar-refractivity contribution is 6.19. The lowest BCUT2D eigenvalue weighted by Crippen LogP contribution is -2.47. The van der Waals surface area contributed by atoms with Gasteiger partial charge in [0.05, 0.1) is 11.4 Å². The summed E-state index contributed by atoms with van der Waals surface area (Å²) in [6, 6.07) is 19.6. The van der Waals surface area contributed by atoms with Crippen LogP contribution >= 0.6 is 0 Å². The van der Waals surface area contributed by atoms with E-state index in [1.807, 2.05) is 73.8 Å². The van der Waals surface area contributed by atoms with E-state index in [0.29, 0.717) is 38.1 Å². The Kier molecular flexibility index (Phi) is 7.54. The number of benzene rings is 2. The third kappa shape index (κ3) is 5.14. The van der Waals surface area contributed by atoms with E-state index in [-0.39, 0.29) is 17.4 Å². The smallest absolute Gasteiger partial charge is 0.258 e. The Morgan fingerprint density at radius 1 is 0.850 bits per heavy atom. The van der Waals surface area contributed by atoms with Gasteiger partial charge in [0.1, 0.15) is 5.41 Å². The molecular weight excluding hydrogens is 502 g/mol. The molecule has 3 heterocycles. The van der Waals surface area contributed by atoms with E-state index in [1.165, 1.54) is 0 Å². The Hall–Kier alpha value is -4.30. The Balaban J connectivity index is 1.45. The Morgan fingerprint density at radius 3 is 2.33 bits per heavy atom. The van der Waals surface area contributed by atoms with E-state index in [0.717, 1.165) is 27.9 Å². The van der Waals surface area contributed by atoms with Gasteiger partial charge in [0, 0.05) is 63.7 Å². The molecule has 0 radical (unpaired) electrons. The zero-order chi connectivity index (χ0) is 28.4. The summed E-state index contributed by atoms with van der Waals surface area (Å²) in [7, 11) is 1.74. The topological polar surface area (TPSA) is 78.8 Å². The van der Waals surface area contributed by atoms with E-state index in [4.69, 9.17) is 0 Å². The molecule has 40 heavy (non-hydrogen) atoms. The number of rotatable bonds is 8. The summed E-state index contributed by atoms with van der Waals surface area (Å²) >= 11 is 0. The maximum Gasteiger partial charge on any atom is 0.258 e. The lowest BCUT2D eigenvalue weighted by atomic mass is 9.90. The normalized spacial score (nSPS) is 15.0. The van der Waals surface area contributed by atoms with E-state index >= 15 is 0 Å². The predicted molar refractivity (Wildman–Crippen MR) is 158 cm³/mol. The molecule has 0 spiro atoms. The average molecular weight is 538 g/mol. The van der Waals surface area contributed by atoms with E-state index in [1.54, 1.807) is 47.7 Å². The minimum Gasteiger partial charge on any atom is -0.314 e. The maximum absolute atomic E-state index is 13.3. The predicted octanol–water partition coefficient (Wildman–Crippen LogP) is 4.45. The van der Waals surface area contributed by atoms with Crippen molar-refractivity contribution in [3.63, 3.8) is 0 Å². The fraction of sp³-hybridized carbons (Fsp3) is 0.312. The fourth-order valence-electron chi connectivity index (χ4n) is 5.42. The summed E-state index contributed by atoms with van der Waals surface area (Å²) in [6.07, 6.45) is 5.42. The number of hydrogen-bond acceptors (Lipinski definition) is 5. The zero-order valence-electron chi connectivity index (χ0n) is 23.5. The first-order valence-electron chi connectivity index (χ1n) is 13.6. The highest BCUT2D eigenvalue weighted by Crippen LogP contribution is 2.39. The van der Waals surface area contributed by atoms with Crippen molar-refractivity contribution < 1.29 is 9.59 Å². The second kappa shape index (κ2) is 11.1. The van der Waals surface area contributed by atoms with Crippen molar-refractivity contribution in [2.45, 2.75) is 40.4 Å². The summed E-state index contributed by atoms with van der Waals surface area (Å²) in [5, 5.41) is 1.64. The molecule has 0 bridgehead atoms. The van der Waals surface area contributed by atoms with Crippen molar-refractivity contribution in [2.75, 3.05) is 29.9 Å². The van der Waals surface area contributed by atoms with Gasteiger partial charge in [0.2, 0.25) is 11.8 Å². The number of fused-ring (bicyclic) bond motifs is 2. The van der Waals surface area contributed by atoms with Gasteiger partial charge in [-0.15, -0.1) is 0 Å². The third-order valence-electron chi connectivity index (χ3n) is 7.73. The number of pyridine rings is 2. The molecule has 0 unspecified atom stereocenters. The standard InChI is InChI=1S/C32H35N5O3/c1-5-37-27-11-10-24(20-28(27)34(4)30(39)32(2,3)31(37)40)22-35(21-23-12-15-33-16-13-23)18-19-36-17-14-25-8-6-7-9-26(25)29(36)38/h6-17,20H,5,18-19,21-22H2,1-4H3. The first-order chi connectivity index (χ1) is 19.2. The number of anilines is 2. The molecular formula is C32H35N5O3. The summed E-state index contributed by atoms with van der Waals surface area (Å²) in [5.74, 6) is -0.422. The molecule has 0 aliphatic carbocycles. The Labute approximate surface area is 234 Å². The highest BCUT2D eigenvalue weighted by atomic mass is 16.2. The van der Waals surface area contributed by atoms with Gasteiger partial charge in [-0.2, -0.15) is 0 Å². The summed E-state index contributed by atoms with van der Waals surface area (Å²) in [4.78, 5) is 49.4. The molecule has 1 aliphatic rings. The van der Waals surface area contributed by atoms with E-state index < -0.39 is 5.41 Å². The molecule has 8 nitrogen and oxygen atoms in total. The molecule has 0 fully saturated rings. The van der Waals surface area contributed by atoms with Crippen LogP contribution in [-0.2, 0) is 29.2 Å². The summed E-state index contributed by atoms with van der Waals surface area (Å²) in [6.45, 7) is 8.22. The minimum atomic E-state index is -1.15. The van der Waals surface area contributed by atoms with Crippen molar-refractivity contribution in [3.05, 3.63) is 101 Å². The SMILES string of the molecule is CCN1C(=O)C(C)(C)C(=O)N(C)c2cc(CN(CCn3ccc4ccccc4c3=O)Cc3ccncc3)ccc21. The largest absolute Gasteiger partial charge is 0.314 e. The van der Waals surface area contributed by atoms with Crippen LogP contribution < -0.4 is 15.4 Å². The third-order valence-corrected chi connectivity index (χ3v) is 7.73. The molecule has 1 aliphatic heterocycles. The zero-order valence-corrected chi connectivity index (χ0v) is 23.5. The Bertz CT molecular complexity index is 1610. The molecule has 0 atom stereocenters. The van der Waals surface area contributed by atoms with Crippen LogP contribution in [0.15, 0.2) is 84.0 Å². The fourth-order valence-corrected chi connectivity index (χ4v) is 5.42. The molecule has 2 aromatic carbocycles. The second-order valence-corrected chi connectivity index (χ2v) is 10.8. The number of hydrogen-bond donors (Lipinski definition) is 0. The van der Waals surface area contributed by atoms with Crippen molar-refractivity contribution in [1.29, 1.82) is 0 Å². The average Bonchev–Trinajstić information content (AvgIpc) is 3.01. The van der Waals surface area contributed by atoms with Gasteiger partial charge in [-0.05, 0) is 73.7 Å². The van der Waals surface area contributed by atoms with Crippen molar-refractivity contribution >= 4 is 34.0 Å². The van der Waals surface area contributed by atoms with Crippen LogP contribution in [0, 0.1) is 5.41 Å². The first-order valence-corrected chi connectivity index (χ1v) is 13.6. The number of carbonyl (C=O) groups is 2. The molecule has 206 valence electrons. The van der Waals surface area contributed by atoms with Crippen LogP contribution in [0.3, 0.4) is 0 Å². The summed E-state index contributed by atoms with van der Waals surface area (Å²) < 4.78 is 1.76. The van der Waals surface area contributed by atoms with Gasteiger partial charge in [0.25, 0.3) is 5.56 Å². The quantitative estimate of drug-likeness (QED) is 0.310. The van der Waals surface area contributed by atoms with Gasteiger partial charge in [-0.1, -0.05) is 24.3 Å². The van der Waals surface area contributed by atoms with Gasteiger partial charge in [-0.3, -0.25) is 24.3 Å². The van der Waals surface area contributed by atoms with Crippen LogP contribution in [0.5, 0.6) is 0 Å². The molecule has 2 amide bonds. The van der Waals surface area contributed by atoms with Crippen molar-refractivity contribution in [3.8, 4) is 0 Å². The highest BCUT2D eigenvalue weighted by Gasteiger charge is 2.45. The number of amides is 2. The summed E-state index contributed by atoms with van der Waals surface area (Å²) in [5.41, 5.74) is 2.44.